The maximum Gasteiger partial charge on any atom is 0.0594 e. The Balaban J connectivity index is 1.73. The van der Waals surface area contributed by atoms with E-state index in [1.165, 1.54) is 5.69 Å². The number of nitrogens with zero attached hydrogens (tertiary/aromatic N) is 1. The highest BCUT2D eigenvalue weighted by Gasteiger charge is 2.08. The Morgan fingerprint density at radius 1 is 1.24 bits per heavy atom. The fraction of sp³-hybridized carbons (Fsp3) is 0.538. The van der Waals surface area contributed by atoms with Crippen molar-refractivity contribution in [1.29, 1.82) is 0 Å². The summed E-state index contributed by atoms with van der Waals surface area (Å²) in [6.45, 7) is 5.90. The van der Waals surface area contributed by atoms with Gasteiger partial charge in [-0.2, -0.15) is 0 Å². The molecule has 0 atom stereocenters. The van der Waals surface area contributed by atoms with Crippen molar-refractivity contribution in [2.45, 2.75) is 0 Å². The molecule has 0 aliphatic carbocycles. The van der Waals surface area contributed by atoms with Crippen molar-refractivity contribution in [3.05, 3.63) is 24.3 Å². The molecule has 0 amide bonds. The van der Waals surface area contributed by atoms with Crippen LogP contribution in [-0.2, 0) is 4.74 Å². The van der Waals surface area contributed by atoms with Crippen molar-refractivity contribution in [2.24, 2.45) is 0 Å². The van der Waals surface area contributed by atoms with Crippen LogP contribution in [0.15, 0.2) is 24.3 Å². The first-order valence-corrected chi connectivity index (χ1v) is 6.20. The Morgan fingerprint density at radius 3 is 2.76 bits per heavy atom. The number of hydrogen-bond donors (Lipinski definition) is 2. The van der Waals surface area contributed by atoms with Crippen LogP contribution < -0.4 is 10.6 Å². The average molecular weight is 235 g/mol. The van der Waals surface area contributed by atoms with Crippen molar-refractivity contribution in [3.63, 3.8) is 0 Å². The molecule has 1 aliphatic rings. The molecule has 4 nitrogen and oxygen atoms in total. The minimum absolute atomic E-state index is 0.870. The minimum atomic E-state index is 0.870. The highest BCUT2D eigenvalue weighted by Crippen LogP contribution is 2.13. The highest BCUT2D eigenvalue weighted by atomic mass is 16.5. The molecule has 0 saturated carbocycles. The first kappa shape index (κ1) is 12.2. The zero-order chi connectivity index (χ0) is 11.9. The summed E-state index contributed by atoms with van der Waals surface area (Å²) in [6, 6.07) is 8.34. The number of ether oxygens (including phenoxy) is 1. The normalized spacial score (nSPS) is 16.8. The van der Waals surface area contributed by atoms with Crippen molar-refractivity contribution in [2.75, 3.05) is 57.1 Å². The number of benzene rings is 1. The van der Waals surface area contributed by atoms with Gasteiger partial charge in [-0.25, -0.2) is 0 Å². The number of nitrogens with one attached hydrogen (secondary N) is 2. The monoisotopic (exact) mass is 235 g/mol. The Hall–Kier alpha value is -1.26. The van der Waals surface area contributed by atoms with Gasteiger partial charge in [0.25, 0.3) is 0 Å². The van der Waals surface area contributed by atoms with Gasteiger partial charge < -0.3 is 15.4 Å². The molecule has 17 heavy (non-hydrogen) atoms. The van der Waals surface area contributed by atoms with Crippen LogP contribution in [0.5, 0.6) is 0 Å². The first-order chi connectivity index (χ1) is 8.38. The van der Waals surface area contributed by atoms with Gasteiger partial charge in [-0.3, -0.25) is 4.90 Å². The summed E-state index contributed by atoms with van der Waals surface area (Å²) in [5.74, 6) is 0. The van der Waals surface area contributed by atoms with Crippen LogP contribution in [0.25, 0.3) is 0 Å². The molecular formula is C13H21N3O. The third kappa shape index (κ3) is 3.91. The molecule has 2 N–H and O–H groups in total. The smallest absolute Gasteiger partial charge is 0.0594 e. The Kier molecular flexibility index (Phi) is 4.64. The van der Waals surface area contributed by atoms with Crippen LogP contribution in [0, 0.1) is 0 Å². The van der Waals surface area contributed by atoms with E-state index in [-0.39, 0.29) is 0 Å². The van der Waals surface area contributed by atoms with Gasteiger partial charge in [0.1, 0.15) is 0 Å². The lowest BCUT2D eigenvalue weighted by molar-refractivity contribution is 0.0398. The van der Waals surface area contributed by atoms with E-state index in [9.17, 15) is 0 Å². The maximum absolute atomic E-state index is 5.32. The summed E-state index contributed by atoms with van der Waals surface area (Å²) in [5.41, 5.74) is 2.31. The summed E-state index contributed by atoms with van der Waals surface area (Å²) >= 11 is 0. The SMILES string of the molecule is CNc1cccc(NCCN2CCOCC2)c1. The van der Waals surface area contributed by atoms with Crippen LogP contribution in [0.4, 0.5) is 11.4 Å². The third-order valence-corrected chi connectivity index (χ3v) is 3.01. The van der Waals surface area contributed by atoms with E-state index in [0.717, 1.165) is 45.1 Å². The summed E-state index contributed by atoms with van der Waals surface area (Å²) in [6.07, 6.45) is 0. The van der Waals surface area contributed by atoms with E-state index in [2.05, 4.69) is 39.8 Å². The molecule has 0 radical (unpaired) electrons. The average Bonchev–Trinajstić information content (AvgIpc) is 2.40. The van der Waals surface area contributed by atoms with Crippen LogP contribution in [0.3, 0.4) is 0 Å². The molecule has 1 aromatic rings. The van der Waals surface area contributed by atoms with Gasteiger partial charge in [-0.1, -0.05) is 6.07 Å². The minimum Gasteiger partial charge on any atom is -0.388 e. The predicted octanol–water partition coefficient (Wildman–Crippen LogP) is 1.47. The molecule has 1 fully saturated rings. The van der Waals surface area contributed by atoms with Crippen molar-refractivity contribution in [1.82, 2.24) is 4.90 Å². The van der Waals surface area contributed by atoms with Gasteiger partial charge in [0.05, 0.1) is 13.2 Å². The summed E-state index contributed by atoms with van der Waals surface area (Å²) in [7, 11) is 1.94. The van der Waals surface area contributed by atoms with Gasteiger partial charge >= 0.3 is 0 Å². The molecule has 2 rings (SSSR count). The third-order valence-electron chi connectivity index (χ3n) is 3.01. The lowest BCUT2D eigenvalue weighted by Gasteiger charge is -2.26. The molecule has 1 aliphatic heterocycles. The number of anilines is 2. The Bertz CT molecular complexity index is 337. The summed E-state index contributed by atoms with van der Waals surface area (Å²) in [4.78, 5) is 2.43. The maximum atomic E-state index is 5.32. The Labute approximate surface area is 103 Å². The molecule has 0 spiro atoms. The molecule has 0 unspecified atom stereocenters. The van der Waals surface area contributed by atoms with E-state index in [1.807, 2.05) is 7.05 Å². The molecular weight excluding hydrogens is 214 g/mol. The van der Waals surface area contributed by atoms with Crippen LogP contribution >= 0.6 is 0 Å². The fourth-order valence-electron chi connectivity index (χ4n) is 1.97. The molecule has 0 bridgehead atoms. The molecule has 1 aromatic carbocycles. The van der Waals surface area contributed by atoms with Crippen molar-refractivity contribution in [3.8, 4) is 0 Å². The van der Waals surface area contributed by atoms with E-state index < -0.39 is 0 Å². The second-order valence-electron chi connectivity index (χ2n) is 4.21. The zero-order valence-electron chi connectivity index (χ0n) is 10.4. The topological polar surface area (TPSA) is 36.5 Å². The highest BCUT2D eigenvalue weighted by molar-refractivity contribution is 5.56. The van der Waals surface area contributed by atoms with E-state index in [1.54, 1.807) is 0 Å². The standard InChI is InChI=1S/C13H21N3O/c1-14-12-3-2-4-13(11-12)15-5-6-16-7-9-17-10-8-16/h2-4,11,14-15H,5-10H2,1H3. The van der Waals surface area contributed by atoms with Gasteiger partial charge in [0.15, 0.2) is 0 Å². The van der Waals surface area contributed by atoms with Crippen LogP contribution in [0.1, 0.15) is 0 Å². The number of hydrogen-bond acceptors (Lipinski definition) is 4. The van der Waals surface area contributed by atoms with E-state index in [0.29, 0.717) is 0 Å². The van der Waals surface area contributed by atoms with Gasteiger partial charge in [0, 0.05) is 44.6 Å². The first-order valence-electron chi connectivity index (χ1n) is 6.20. The zero-order valence-corrected chi connectivity index (χ0v) is 10.4. The van der Waals surface area contributed by atoms with Gasteiger partial charge in [0.2, 0.25) is 0 Å². The van der Waals surface area contributed by atoms with E-state index in [4.69, 9.17) is 4.74 Å². The predicted molar refractivity (Wildman–Crippen MR) is 71.7 cm³/mol. The summed E-state index contributed by atoms with van der Waals surface area (Å²) < 4.78 is 5.32. The van der Waals surface area contributed by atoms with Crippen LogP contribution in [-0.4, -0.2) is 51.3 Å². The lowest BCUT2D eigenvalue weighted by atomic mass is 10.2. The summed E-state index contributed by atoms with van der Waals surface area (Å²) in [5, 5.41) is 6.58. The molecule has 0 aromatic heterocycles. The van der Waals surface area contributed by atoms with Crippen LogP contribution in [0.2, 0.25) is 0 Å². The largest absolute Gasteiger partial charge is 0.388 e. The van der Waals surface area contributed by atoms with E-state index >= 15 is 0 Å². The van der Waals surface area contributed by atoms with Gasteiger partial charge in [-0.15, -0.1) is 0 Å². The second-order valence-corrected chi connectivity index (χ2v) is 4.21. The molecule has 94 valence electrons. The Morgan fingerprint density at radius 2 is 2.00 bits per heavy atom. The van der Waals surface area contributed by atoms with Crippen molar-refractivity contribution < 1.29 is 4.74 Å². The number of rotatable bonds is 5. The molecule has 1 saturated heterocycles. The quantitative estimate of drug-likeness (QED) is 0.810. The molecule has 4 heteroatoms. The lowest BCUT2D eigenvalue weighted by Crippen LogP contribution is -2.38. The number of morpholine rings is 1. The van der Waals surface area contributed by atoms with Crippen molar-refractivity contribution >= 4 is 11.4 Å². The second kappa shape index (κ2) is 6.47. The molecule has 1 heterocycles. The fourth-order valence-corrected chi connectivity index (χ4v) is 1.97. The van der Waals surface area contributed by atoms with Gasteiger partial charge in [-0.05, 0) is 18.2 Å².